The minimum absolute atomic E-state index is 0.733. The summed E-state index contributed by atoms with van der Waals surface area (Å²) in [6.45, 7) is 5.07. The van der Waals surface area contributed by atoms with E-state index in [1.54, 1.807) is 0 Å². The quantitative estimate of drug-likeness (QED) is 0.839. The molecule has 0 radical (unpaired) electrons. The molecule has 1 aliphatic carbocycles. The van der Waals surface area contributed by atoms with Crippen LogP contribution < -0.4 is 10.1 Å². The first-order valence-corrected chi connectivity index (χ1v) is 7.76. The number of ether oxygens (including phenoxy) is 1. The van der Waals surface area contributed by atoms with Crippen LogP contribution in [0, 0.1) is 13.8 Å². The Kier molecular flexibility index (Phi) is 4.18. The van der Waals surface area contributed by atoms with Crippen molar-refractivity contribution in [1.82, 2.24) is 5.32 Å². The molecule has 3 heteroatoms. The molecular weight excluding hydrogens is 282 g/mol. The lowest BCUT2D eigenvalue weighted by Gasteiger charge is -2.12. The van der Waals surface area contributed by atoms with Crippen molar-refractivity contribution in [2.75, 3.05) is 0 Å². The van der Waals surface area contributed by atoms with Gasteiger partial charge in [0.15, 0.2) is 0 Å². The smallest absolute Gasteiger partial charge is 0.130 e. The van der Waals surface area contributed by atoms with Crippen molar-refractivity contribution in [3.05, 3.63) is 58.1 Å². The summed E-state index contributed by atoms with van der Waals surface area (Å²) < 4.78 is 5.96. The Hall–Kier alpha value is -1.51. The van der Waals surface area contributed by atoms with E-state index in [0.29, 0.717) is 0 Å². The highest BCUT2D eigenvalue weighted by molar-refractivity contribution is 6.30. The molecule has 0 unspecified atom stereocenters. The van der Waals surface area contributed by atoms with Gasteiger partial charge >= 0.3 is 0 Å². The zero-order valence-corrected chi connectivity index (χ0v) is 13.2. The van der Waals surface area contributed by atoms with Gasteiger partial charge in [0.1, 0.15) is 11.5 Å². The highest BCUT2D eigenvalue weighted by Crippen LogP contribution is 2.28. The Morgan fingerprint density at radius 2 is 1.90 bits per heavy atom. The summed E-state index contributed by atoms with van der Waals surface area (Å²) in [6, 6.07) is 12.7. The molecule has 0 amide bonds. The lowest BCUT2D eigenvalue weighted by molar-refractivity contribution is 0.478. The van der Waals surface area contributed by atoms with Crippen molar-refractivity contribution < 1.29 is 4.74 Å². The van der Waals surface area contributed by atoms with Crippen LogP contribution in [0.3, 0.4) is 0 Å². The van der Waals surface area contributed by atoms with Crippen LogP contribution >= 0.6 is 11.6 Å². The predicted octanol–water partition coefficient (Wildman–Crippen LogP) is 5.00. The molecule has 0 saturated heterocycles. The summed E-state index contributed by atoms with van der Waals surface area (Å²) in [5.41, 5.74) is 3.63. The Labute approximate surface area is 131 Å². The van der Waals surface area contributed by atoms with Crippen LogP contribution in [-0.4, -0.2) is 6.04 Å². The molecule has 110 valence electrons. The first-order valence-electron chi connectivity index (χ1n) is 7.39. The van der Waals surface area contributed by atoms with Gasteiger partial charge in [0.2, 0.25) is 0 Å². The molecule has 0 aliphatic heterocycles. The first-order chi connectivity index (χ1) is 10.1. The van der Waals surface area contributed by atoms with E-state index in [9.17, 15) is 0 Å². The summed E-state index contributed by atoms with van der Waals surface area (Å²) in [7, 11) is 0. The first kappa shape index (κ1) is 14.4. The van der Waals surface area contributed by atoms with Crippen LogP contribution in [0.1, 0.15) is 29.5 Å². The van der Waals surface area contributed by atoms with Gasteiger partial charge in [-0.1, -0.05) is 17.7 Å². The molecule has 2 nitrogen and oxygen atoms in total. The van der Waals surface area contributed by atoms with E-state index < -0.39 is 0 Å². The van der Waals surface area contributed by atoms with E-state index in [1.165, 1.54) is 24.0 Å². The monoisotopic (exact) mass is 301 g/mol. The molecule has 1 aliphatic rings. The summed E-state index contributed by atoms with van der Waals surface area (Å²) in [4.78, 5) is 0. The molecule has 0 heterocycles. The van der Waals surface area contributed by atoms with Gasteiger partial charge in [0.25, 0.3) is 0 Å². The van der Waals surface area contributed by atoms with Crippen molar-refractivity contribution in [2.24, 2.45) is 0 Å². The third-order valence-electron chi connectivity index (χ3n) is 3.84. The molecule has 2 aromatic rings. The lowest BCUT2D eigenvalue weighted by atomic mass is 10.1. The third kappa shape index (κ3) is 3.78. The molecule has 3 rings (SSSR count). The zero-order chi connectivity index (χ0) is 14.8. The number of hydrogen-bond donors (Lipinski definition) is 1. The predicted molar refractivity (Wildman–Crippen MR) is 87.3 cm³/mol. The normalized spacial score (nSPS) is 14.2. The van der Waals surface area contributed by atoms with Crippen LogP contribution in [0.4, 0.5) is 0 Å². The molecule has 0 aromatic heterocycles. The number of halogens is 1. The maximum atomic E-state index is 5.97. The van der Waals surface area contributed by atoms with Crippen LogP contribution in [0.2, 0.25) is 5.02 Å². The molecule has 1 fully saturated rings. The van der Waals surface area contributed by atoms with Crippen molar-refractivity contribution in [1.29, 1.82) is 0 Å². The molecule has 0 bridgehead atoms. The van der Waals surface area contributed by atoms with Gasteiger partial charge in [-0.15, -0.1) is 0 Å². The summed E-state index contributed by atoms with van der Waals surface area (Å²) in [5, 5.41) is 4.28. The van der Waals surface area contributed by atoms with Gasteiger partial charge in [0.05, 0.1) is 0 Å². The van der Waals surface area contributed by atoms with Gasteiger partial charge in [-0.3, -0.25) is 0 Å². The maximum absolute atomic E-state index is 5.97. The van der Waals surface area contributed by atoms with Crippen molar-refractivity contribution in [2.45, 2.75) is 39.3 Å². The molecule has 0 spiro atoms. The Morgan fingerprint density at radius 1 is 1.10 bits per heavy atom. The minimum Gasteiger partial charge on any atom is -0.457 e. The average Bonchev–Trinajstić information content (AvgIpc) is 3.25. The van der Waals surface area contributed by atoms with E-state index in [4.69, 9.17) is 16.3 Å². The number of hydrogen-bond acceptors (Lipinski definition) is 2. The average molecular weight is 302 g/mol. The fourth-order valence-electron chi connectivity index (χ4n) is 2.33. The minimum atomic E-state index is 0.733. The molecule has 0 atom stereocenters. The lowest BCUT2D eigenvalue weighted by Crippen LogP contribution is -2.15. The molecule has 21 heavy (non-hydrogen) atoms. The zero-order valence-electron chi connectivity index (χ0n) is 12.4. The van der Waals surface area contributed by atoms with E-state index >= 15 is 0 Å². The van der Waals surface area contributed by atoms with Gasteiger partial charge in [-0.2, -0.15) is 0 Å². The van der Waals surface area contributed by atoms with Crippen LogP contribution in [-0.2, 0) is 6.54 Å². The Morgan fingerprint density at radius 3 is 2.57 bits per heavy atom. The van der Waals surface area contributed by atoms with Gasteiger partial charge in [0, 0.05) is 17.6 Å². The number of aryl methyl sites for hydroxylation is 2. The molecule has 2 aromatic carbocycles. The van der Waals surface area contributed by atoms with Crippen molar-refractivity contribution >= 4 is 11.6 Å². The van der Waals surface area contributed by atoms with Crippen molar-refractivity contribution in [3.63, 3.8) is 0 Å². The van der Waals surface area contributed by atoms with Crippen molar-refractivity contribution in [3.8, 4) is 11.5 Å². The van der Waals surface area contributed by atoms with Gasteiger partial charge in [-0.25, -0.2) is 0 Å². The largest absolute Gasteiger partial charge is 0.457 e. The highest BCUT2D eigenvalue weighted by Gasteiger charge is 2.20. The SMILES string of the molecule is Cc1cc(Oc2ccc(Cl)cc2C)ccc1CNC1CC1. The summed E-state index contributed by atoms with van der Waals surface area (Å²) in [5.74, 6) is 1.72. The van der Waals surface area contributed by atoms with E-state index in [0.717, 1.165) is 34.7 Å². The van der Waals surface area contributed by atoms with Crippen LogP contribution in [0.15, 0.2) is 36.4 Å². The molecule has 1 saturated carbocycles. The highest BCUT2D eigenvalue weighted by atomic mass is 35.5. The van der Waals surface area contributed by atoms with E-state index in [2.05, 4.69) is 24.4 Å². The summed E-state index contributed by atoms with van der Waals surface area (Å²) in [6.07, 6.45) is 2.63. The summed E-state index contributed by atoms with van der Waals surface area (Å²) >= 11 is 5.97. The maximum Gasteiger partial charge on any atom is 0.130 e. The van der Waals surface area contributed by atoms with Gasteiger partial charge in [-0.05, 0) is 73.7 Å². The number of rotatable bonds is 5. The number of benzene rings is 2. The van der Waals surface area contributed by atoms with E-state index in [-0.39, 0.29) is 0 Å². The topological polar surface area (TPSA) is 21.3 Å². The second-order valence-corrected chi connectivity index (χ2v) is 6.19. The second kappa shape index (κ2) is 6.08. The van der Waals surface area contributed by atoms with E-state index in [1.807, 2.05) is 31.2 Å². The molecular formula is C18H20ClNO. The Balaban J connectivity index is 1.71. The second-order valence-electron chi connectivity index (χ2n) is 5.76. The fourth-order valence-corrected chi connectivity index (χ4v) is 2.55. The van der Waals surface area contributed by atoms with Gasteiger partial charge < -0.3 is 10.1 Å². The third-order valence-corrected chi connectivity index (χ3v) is 4.07. The fraction of sp³-hybridized carbons (Fsp3) is 0.333. The van der Waals surface area contributed by atoms with Crippen LogP contribution in [0.5, 0.6) is 11.5 Å². The number of nitrogens with one attached hydrogen (secondary N) is 1. The standard InChI is InChI=1S/C18H20ClNO/c1-12-10-17(7-3-14(12)11-20-16-5-6-16)21-18-8-4-15(19)9-13(18)2/h3-4,7-10,16,20H,5-6,11H2,1-2H3. The van der Waals surface area contributed by atoms with Crippen LogP contribution in [0.25, 0.3) is 0 Å². The Bertz CT molecular complexity index is 650. The molecule has 1 N–H and O–H groups in total.